The van der Waals surface area contributed by atoms with Gasteiger partial charge in [-0.05, 0) is 42.3 Å². The Kier molecular flexibility index (Phi) is 3.87. The summed E-state index contributed by atoms with van der Waals surface area (Å²) < 4.78 is 44.6. The summed E-state index contributed by atoms with van der Waals surface area (Å²) in [5.41, 5.74) is 1.59. The van der Waals surface area contributed by atoms with Crippen LogP contribution in [0.25, 0.3) is 11.1 Å². The third kappa shape index (κ3) is 3.40. The van der Waals surface area contributed by atoms with Crippen LogP contribution in [0.4, 0.5) is 10.2 Å². The van der Waals surface area contributed by atoms with Gasteiger partial charge >= 0.3 is 0 Å². The maximum atomic E-state index is 12.9. The molecule has 1 heterocycles. The minimum Gasteiger partial charge on any atom is -0.360 e. The predicted octanol–water partition coefficient (Wildman–Crippen LogP) is 3.59. The number of nitrogens with one attached hydrogen (secondary N) is 1. The van der Waals surface area contributed by atoms with Crippen LogP contribution >= 0.6 is 0 Å². The van der Waals surface area contributed by atoms with Gasteiger partial charge in [0, 0.05) is 6.07 Å². The zero-order valence-electron chi connectivity index (χ0n) is 12.2. The quantitative estimate of drug-likeness (QED) is 0.792. The molecule has 5 nitrogen and oxygen atoms in total. The lowest BCUT2D eigenvalue weighted by Crippen LogP contribution is -2.13. The molecule has 23 heavy (non-hydrogen) atoms. The minimum atomic E-state index is -3.74. The average Bonchev–Trinajstić information content (AvgIpc) is 2.92. The number of aromatic nitrogens is 1. The van der Waals surface area contributed by atoms with Crippen LogP contribution in [0.2, 0.25) is 0 Å². The largest absolute Gasteiger partial charge is 0.360 e. The van der Waals surface area contributed by atoms with Gasteiger partial charge in [0.15, 0.2) is 5.82 Å². The second-order valence-corrected chi connectivity index (χ2v) is 6.64. The van der Waals surface area contributed by atoms with Gasteiger partial charge in [-0.15, -0.1) is 0 Å². The second kappa shape index (κ2) is 5.85. The summed E-state index contributed by atoms with van der Waals surface area (Å²) in [6.07, 6.45) is 0. The number of sulfonamides is 1. The fraction of sp³-hybridized carbons (Fsp3) is 0.0625. The molecule has 1 N–H and O–H groups in total. The van der Waals surface area contributed by atoms with Crippen molar-refractivity contribution in [2.45, 2.75) is 11.8 Å². The zero-order valence-corrected chi connectivity index (χ0v) is 13.0. The van der Waals surface area contributed by atoms with Crippen LogP contribution in [0.5, 0.6) is 0 Å². The van der Waals surface area contributed by atoms with Gasteiger partial charge in [0.05, 0.1) is 4.90 Å². The van der Waals surface area contributed by atoms with Gasteiger partial charge in [-0.3, -0.25) is 4.72 Å². The normalized spacial score (nSPS) is 11.4. The molecule has 118 valence electrons. The summed E-state index contributed by atoms with van der Waals surface area (Å²) in [6.45, 7) is 1.67. The molecule has 0 bridgehead atoms. The Morgan fingerprint density at radius 1 is 1.00 bits per heavy atom. The summed E-state index contributed by atoms with van der Waals surface area (Å²) in [6, 6.07) is 13.8. The lowest BCUT2D eigenvalue weighted by atomic mass is 10.1. The highest BCUT2D eigenvalue weighted by Crippen LogP contribution is 2.22. The molecule has 0 fully saturated rings. The second-order valence-electron chi connectivity index (χ2n) is 4.96. The summed E-state index contributed by atoms with van der Waals surface area (Å²) in [5, 5.41) is 3.60. The number of halogens is 1. The summed E-state index contributed by atoms with van der Waals surface area (Å²) >= 11 is 0. The molecule has 3 rings (SSSR count). The molecule has 0 saturated heterocycles. The Balaban J connectivity index is 1.85. The fourth-order valence-corrected chi connectivity index (χ4v) is 3.06. The molecule has 0 aliphatic carbocycles. The molecule has 3 aromatic rings. The van der Waals surface area contributed by atoms with E-state index in [4.69, 9.17) is 4.52 Å². The van der Waals surface area contributed by atoms with E-state index in [0.717, 1.165) is 11.1 Å². The Bertz CT molecular complexity index is 917. The zero-order chi connectivity index (χ0) is 16.4. The number of hydrogen-bond donors (Lipinski definition) is 1. The number of anilines is 1. The molecule has 0 spiro atoms. The van der Waals surface area contributed by atoms with Gasteiger partial charge in [-0.1, -0.05) is 29.4 Å². The molecular formula is C16H13FN2O3S. The van der Waals surface area contributed by atoms with Gasteiger partial charge in [-0.2, -0.15) is 0 Å². The van der Waals surface area contributed by atoms with Gasteiger partial charge in [0.25, 0.3) is 10.0 Å². The number of rotatable bonds is 4. The summed E-state index contributed by atoms with van der Waals surface area (Å²) in [5.74, 6) is 0.319. The van der Waals surface area contributed by atoms with Crippen LogP contribution in [0, 0.1) is 12.7 Å². The van der Waals surface area contributed by atoms with E-state index in [0.29, 0.717) is 5.76 Å². The van der Waals surface area contributed by atoms with Gasteiger partial charge in [0.2, 0.25) is 0 Å². The number of hydrogen-bond acceptors (Lipinski definition) is 4. The molecule has 0 radical (unpaired) electrons. The standard InChI is InChI=1S/C16H13FN2O3S/c1-11-10-16(18-22-11)19-23(20,21)15-8-4-13(5-9-15)12-2-6-14(17)7-3-12/h2-10H,1H3,(H,18,19). The van der Waals surface area contributed by atoms with Crippen LogP contribution in [-0.4, -0.2) is 13.6 Å². The van der Waals surface area contributed by atoms with Crippen molar-refractivity contribution in [2.24, 2.45) is 0 Å². The first kappa shape index (κ1) is 15.2. The third-order valence-corrected chi connectivity index (χ3v) is 4.58. The molecule has 0 atom stereocenters. The van der Waals surface area contributed by atoms with Crippen LogP contribution < -0.4 is 4.72 Å². The van der Waals surface area contributed by atoms with Crippen LogP contribution in [0.3, 0.4) is 0 Å². The van der Waals surface area contributed by atoms with E-state index in [1.54, 1.807) is 31.2 Å². The Hall–Kier alpha value is -2.67. The minimum absolute atomic E-state index is 0.101. The Morgan fingerprint density at radius 2 is 1.57 bits per heavy atom. The Labute approximate surface area is 132 Å². The lowest BCUT2D eigenvalue weighted by molar-refractivity contribution is 0.400. The van der Waals surface area contributed by atoms with Crippen molar-refractivity contribution >= 4 is 15.8 Å². The maximum Gasteiger partial charge on any atom is 0.263 e. The van der Waals surface area contributed by atoms with Crippen LogP contribution in [0.1, 0.15) is 5.76 Å². The molecule has 0 aliphatic rings. The van der Waals surface area contributed by atoms with E-state index in [1.165, 1.54) is 30.3 Å². The molecule has 0 unspecified atom stereocenters. The van der Waals surface area contributed by atoms with E-state index in [-0.39, 0.29) is 16.5 Å². The molecular weight excluding hydrogens is 319 g/mol. The van der Waals surface area contributed by atoms with Crippen molar-refractivity contribution in [2.75, 3.05) is 4.72 Å². The summed E-state index contributed by atoms with van der Waals surface area (Å²) in [4.78, 5) is 0.101. The van der Waals surface area contributed by atoms with E-state index in [9.17, 15) is 12.8 Å². The highest BCUT2D eigenvalue weighted by Gasteiger charge is 2.16. The van der Waals surface area contributed by atoms with Crippen LogP contribution in [-0.2, 0) is 10.0 Å². The smallest absolute Gasteiger partial charge is 0.263 e. The number of nitrogens with zero attached hydrogens (tertiary/aromatic N) is 1. The van der Waals surface area contributed by atoms with Gasteiger partial charge in [0.1, 0.15) is 11.6 Å². The van der Waals surface area contributed by atoms with Crippen molar-refractivity contribution in [3.63, 3.8) is 0 Å². The molecule has 0 aliphatic heterocycles. The molecule has 2 aromatic carbocycles. The molecule has 0 amide bonds. The third-order valence-electron chi connectivity index (χ3n) is 3.21. The Morgan fingerprint density at radius 3 is 2.09 bits per heavy atom. The monoisotopic (exact) mass is 332 g/mol. The summed E-state index contributed by atoms with van der Waals surface area (Å²) in [7, 11) is -3.74. The molecule has 0 saturated carbocycles. The van der Waals surface area contributed by atoms with E-state index < -0.39 is 10.0 Å². The van der Waals surface area contributed by atoms with Crippen LogP contribution in [0.15, 0.2) is 64.0 Å². The van der Waals surface area contributed by atoms with Crippen molar-refractivity contribution in [3.8, 4) is 11.1 Å². The highest BCUT2D eigenvalue weighted by molar-refractivity contribution is 7.92. The van der Waals surface area contributed by atoms with Crippen molar-refractivity contribution in [3.05, 3.63) is 66.2 Å². The van der Waals surface area contributed by atoms with Crippen molar-refractivity contribution in [1.82, 2.24) is 5.16 Å². The first-order valence-corrected chi connectivity index (χ1v) is 8.24. The van der Waals surface area contributed by atoms with E-state index >= 15 is 0 Å². The lowest BCUT2D eigenvalue weighted by Gasteiger charge is -2.06. The number of aryl methyl sites for hydroxylation is 1. The predicted molar refractivity (Wildman–Crippen MR) is 83.9 cm³/mol. The van der Waals surface area contributed by atoms with E-state index in [1.807, 2.05) is 0 Å². The molecule has 1 aromatic heterocycles. The number of benzene rings is 2. The van der Waals surface area contributed by atoms with Gasteiger partial charge in [-0.25, -0.2) is 12.8 Å². The SMILES string of the molecule is Cc1cc(NS(=O)(=O)c2ccc(-c3ccc(F)cc3)cc2)no1. The molecule has 7 heteroatoms. The first-order chi connectivity index (χ1) is 10.9. The fourth-order valence-electron chi connectivity index (χ4n) is 2.08. The van der Waals surface area contributed by atoms with Gasteiger partial charge < -0.3 is 4.52 Å². The first-order valence-electron chi connectivity index (χ1n) is 6.76. The van der Waals surface area contributed by atoms with Crippen molar-refractivity contribution < 1.29 is 17.3 Å². The topological polar surface area (TPSA) is 72.2 Å². The van der Waals surface area contributed by atoms with Crippen molar-refractivity contribution in [1.29, 1.82) is 0 Å². The highest BCUT2D eigenvalue weighted by atomic mass is 32.2. The maximum absolute atomic E-state index is 12.9. The average molecular weight is 332 g/mol. The van der Waals surface area contributed by atoms with E-state index in [2.05, 4.69) is 9.88 Å².